The third-order valence-electron chi connectivity index (χ3n) is 4.37. The van der Waals surface area contributed by atoms with Gasteiger partial charge in [0.25, 0.3) is 5.91 Å². The number of nitrogens with one attached hydrogen (secondary N) is 1. The molecule has 124 valence electrons. The van der Waals surface area contributed by atoms with Crippen molar-refractivity contribution in [2.75, 3.05) is 0 Å². The molecule has 5 nitrogen and oxygen atoms in total. The van der Waals surface area contributed by atoms with E-state index < -0.39 is 12.1 Å². The molecule has 0 aliphatic heterocycles. The van der Waals surface area contributed by atoms with Crippen LogP contribution in [-0.2, 0) is 9.53 Å². The first kappa shape index (κ1) is 17.2. The first-order valence-electron chi connectivity index (χ1n) is 8.08. The van der Waals surface area contributed by atoms with Gasteiger partial charge in [-0.1, -0.05) is 31.9 Å². The molecule has 1 aromatic carbocycles. The van der Waals surface area contributed by atoms with Crippen LogP contribution >= 0.6 is 0 Å². The van der Waals surface area contributed by atoms with Crippen LogP contribution in [0.4, 0.5) is 0 Å². The molecule has 3 atom stereocenters. The Bertz CT molecular complexity index is 567. The van der Waals surface area contributed by atoms with Crippen molar-refractivity contribution in [3.8, 4) is 0 Å². The van der Waals surface area contributed by atoms with Crippen molar-refractivity contribution in [3.63, 3.8) is 0 Å². The zero-order chi connectivity index (χ0) is 16.8. The molecule has 0 heterocycles. The monoisotopic (exact) mass is 317 g/mol. The normalized spacial score (nSPS) is 22.0. The van der Waals surface area contributed by atoms with E-state index in [0.717, 1.165) is 19.3 Å². The van der Waals surface area contributed by atoms with E-state index in [0.29, 0.717) is 23.3 Å². The predicted molar refractivity (Wildman–Crippen MR) is 86.3 cm³/mol. The Balaban J connectivity index is 1.89. The molecule has 0 saturated heterocycles. The third kappa shape index (κ3) is 4.65. The summed E-state index contributed by atoms with van der Waals surface area (Å²) in [5.41, 5.74) is 0.805. The maximum atomic E-state index is 12.2. The van der Waals surface area contributed by atoms with Crippen LogP contribution in [0.15, 0.2) is 24.3 Å². The molecule has 2 rings (SSSR count). The second kappa shape index (κ2) is 7.90. The fraction of sp³-hybridized carbons (Fsp3) is 0.500. The van der Waals surface area contributed by atoms with Crippen molar-refractivity contribution < 1.29 is 19.1 Å². The molecule has 23 heavy (non-hydrogen) atoms. The third-order valence-corrected chi connectivity index (χ3v) is 4.37. The van der Waals surface area contributed by atoms with Crippen LogP contribution in [0.3, 0.4) is 0 Å². The van der Waals surface area contributed by atoms with Crippen LogP contribution in [0.25, 0.3) is 0 Å². The summed E-state index contributed by atoms with van der Waals surface area (Å²) in [6.07, 6.45) is 4.27. The van der Waals surface area contributed by atoms with Gasteiger partial charge in [0.05, 0.1) is 5.56 Å². The van der Waals surface area contributed by atoms with Gasteiger partial charge in [0.1, 0.15) is 6.29 Å². The Kier molecular flexibility index (Phi) is 5.90. The summed E-state index contributed by atoms with van der Waals surface area (Å²) in [5, 5.41) is 2.98. The zero-order valence-corrected chi connectivity index (χ0v) is 13.6. The zero-order valence-electron chi connectivity index (χ0n) is 13.6. The summed E-state index contributed by atoms with van der Waals surface area (Å²) < 4.78 is 5.21. The minimum Gasteiger partial charge on any atom is -0.449 e. The lowest BCUT2D eigenvalue weighted by molar-refractivity contribution is -0.130. The lowest BCUT2D eigenvalue weighted by Crippen LogP contribution is -2.45. The summed E-state index contributed by atoms with van der Waals surface area (Å²) in [5.74, 6) is -0.380. The van der Waals surface area contributed by atoms with E-state index >= 15 is 0 Å². The molecule has 0 unspecified atom stereocenters. The molecule has 0 aromatic heterocycles. The van der Waals surface area contributed by atoms with Crippen LogP contribution in [0, 0.1) is 5.92 Å². The Morgan fingerprint density at radius 2 is 1.87 bits per heavy atom. The molecule has 1 fully saturated rings. The van der Waals surface area contributed by atoms with E-state index in [1.807, 2.05) is 0 Å². The van der Waals surface area contributed by atoms with Gasteiger partial charge in [0.2, 0.25) is 0 Å². The van der Waals surface area contributed by atoms with E-state index in [-0.39, 0.29) is 11.9 Å². The fourth-order valence-electron chi connectivity index (χ4n) is 2.81. The molecule has 5 heteroatoms. The molecule has 0 bridgehead atoms. The van der Waals surface area contributed by atoms with E-state index in [4.69, 9.17) is 4.74 Å². The summed E-state index contributed by atoms with van der Waals surface area (Å²) in [6, 6.07) is 6.26. The van der Waals surface area contributed by atoms with Gasteiger partial charge in [-0.05, 0) is 37.8 Å². The molecule has 1 N–H and O–H groups in total. The highest BCUT2D eigenvalue weighted by Gasteiger charge is 2.26. The van der Waals surface area contributed by atoms with Crippen LogP contribution < -0.4 is 5.32 Å². The molecule has 0 radical (unpaired) electrons. The second-order valence-electron chi connectivity index (χ2n) is 6.16. The topological polar surface area (TPSA) is 72.5 Å². The van der Waals surface area contributed by atoms with Crippen LogP contribution in [0.2, 0.25) is 0 Å². The quantitative estimate of drug-likeness (QED) is 0.669. The van der Waals surface area contributed by atoms with Gasteiger partial charge in [0, 0.05) is 11.6 Å². The number of carbonyl (C=O) groups excluding carboxylic acids is 3. The van der Waals surface area contributed by atoms with Crippen molar-refractivity contribution >= 4 is 18.2 Å². The van der Waals surface area contributed by atoms with Gasteiger partial charge in [-0.3, -0.25) is 9.59 Å². The molecule has 0 spiro atoms. The van der Waals surface area contributed by atoms with E-state index in [1.54, 1.807) is 6.92 Å². The van der Waals surface area contributed by atoms with Crippen molar-refractivity contribution in [1.82, 2.24) is 5.32 Å². The standard InChI is InChI=1S/C18H23NO4/c1-12-5-3-4-6-16(12)19-17(21)13(2)23-18(22)15-9-7-14(11-20)8-10-15/h7-13,16H,3-6H2,1-2H3,(H,19,21)/t12-,13-,16+/m1/s1. The van der Waals surface area contributed by atoms with E-state index in [9.17, 15) is 14.4 Å². The molecule has 1 aliphatic rings. The lowest BCUT2D eigenvalue weighted by Gasteiger charge is -2.30. The average molecular weight is 317 g/mol. The summed E-state index contributed by atoms with van der Waals surface area (Å²) >= 11 is 0. The molecule has 1 saturated carbocycles. The van der Waals surface area contributed by atoms with Gasteiger partial charge >= 0.3 is 5.97 Å². The summed E-state index contributed by atoms with van der Waals surface area (Å²) in [7, 11) is 0. The highest BCUT2D eigenvalue weighted by Crippen LogP contribution is 2.23. The molecule has 1 aliphatic carbocycles. The van der Waals surface area contributed by atoms with Crippen molar-refractivity contribution in [2.45, 2.75) is 51.7 Å². The van der Waals surface area contributed by atoms with E-state index in [1.165, 1.54) is 30.7 Å². The number of ether oxygens (including phenoxy) is 1. The Hall–Kier alpha value is -2.17. The number of benzene rings is 1. The average Bonchev–Trinajstić information content (AvgIpc) is 2.56. The lowest BCUT2D eigenvalue weighted by atomic mass is 9.86. The SMILES string of the molecule is C[C@@H]1CCCC[C@@H]1NC(=O)[C@@H](C)OC(=O)c1ccc(C=O)cc1. The minimum atomic E-state index is -0.845. The van der Waals surface area contributed by atoms with Gasteiger partial charge in [-0.15, -0.1) is 0 Å². The maximum Gasteiger partial charge on any atom is 0.338 e. The molecular formula is C18H23NO4. The number of carbonyl (C=O) groups is 3. The summed E-state index contributed by atoms with van der Waals surface area (Å²) in [6.45, 7) is 3.70. The molecule has 1 aromatic rings. The van der Waals surface area contributed by atoms with Gasteiger partial charge < -0.3 is 10.1 Å². The number of amides is 1. The molecular weight excluding hydrogens is 294 g/mol. The molecule has 1 amide bonds. The van der Waals surface area contributed by atoms with Crippen LogP contribution in [0.5, 0.6) is 0 Å². The first-order chi connectivity index (χ1) is 11.0. The number of aldehydes is 1. The summed E-state index contributed by atoms with van der Waals surface area (Å²) in [4.78, 5) is 34.8. The van der Waals surface area contributed by atoms with Gasteiger partial charge in [-0.2, -0.15) is 0 Å². The van der Waals surface area contributed by atoms with Gasteiger partial charge in [-0.25, -0.2) is 4.79 Å². The number of esters is 1. The Morgan fingerprint density at radius 3 is 2.48 bits per heavy atom. The van der Waals surface area contributed by atoms with Crippen molar-refractivity contribution in [3.05, 3.63) is 35.4 Å². The second-order valence-corrected chi connectivity index (χ2v) is 6.16. The van der Waals surface area contributed by atoms with Crippen LogP contribution in [-0.4, -0.2) is 30.3 Å². The van der Waals surface area contributed by atoms with Crippen molar-refractivity contribution in [2.24, 2.45) is 5.92 Å². The Labute approximate surface area is 136 Å². The van der Waals surface area contributed by atoms with Crippen LogP contribution in [0.1, 0.15) is 60.2 Å². The number of rotatable bonds is 5. The van der Waals surface area contributed by atoms with E-state index in [2.05, 4.69) is 12.2 Å². The number of hydrogen-bond acceptors (Lipinski definition) is 4. The number of hydrogen-bond donors (Lipinski definition) is 1. The minimum absolute atomic E-state index is 0.157. The first-order valence-corrected chi connectivity index (χ1v) is 8.08. The van der Waals surface area contributed by atoms with Gasteiger partial charge in [0.15, 0.2) is 6.10 Å². The van der Waals surface area contributed by atoms with Crippen molar-refractivity contribution in [1.29, 1.82) is 0 Å². The highest BCUT2D eigenvalue weighted by molar-refractivity contribution is 5.92. The predicted octanol–water partition coefficient (Wildman–Crippen LogP) is 2.74. The maximum absolute atomic E-state index is 12.2. The smallest absolute Gasteiger partial charge is 0.338 e. The fourth-order valence-corrected chi connectivity index (χ4v) is 2.81. The Morgan fingerprint density at radius 1 is 1.22 bits per heavy atom. The highest BCUT2D eigenvalue weighted by atomic mass is 16.5. The largest absolute Gasteiger partial charge is 0.449 e.